The standard InChI is InChI=1S/C20H22O2/c1-12-6-8-14(9-7-12)20-16-5-3-4-15(16)17-11-18(21)13(2)10-19(17)22-20/h6-11,15-16,20-21H,3-5H2,1-2H3/t15-,16+,20+/m0/s1. The number of phenolic OH excluding ortho intramolecular Hbond substituents is 1. The first-order valence-electron chi connectivity index (χ1n) is 8.20. The number of aromatic hydroxyl groups is 1. The summed E-state index contributed by atoms with van der Waals surface area (Å²) in [7, 11) is 0. The highest BCUT2D eigenvalue weighted by Crippen LogP contribution is 2.54. The smallest absolute Gasteiger partial charge is 0.127 e. The Balaban J connectivity index is 1.79. The van der Waals surface area contributed by atoms with Gasteiger partial charge in [0.25, 0.3) is 0 Å². The highest BCUT2D eigenvalue weighted by atomic mass is 16.5. The number of fused-ring (bicyclic) bond motifs is 3. The molecule has 2 aromatic carbocycles. The summed E-state index contributed by atoms with van der Waals surface area (Å²) < 4.78 is 6.40. The summed E-state index contributed by atoms with van der Waals surface area (Å²) in [5.41, 5.74) is 4.65. The van der Waals surface area contributed by atoms with Crippen molar-refractivity contribution in [3.8, 4) is 11.5 Å². The molecule has 1 saturated carbocycles. The molecule has 0 saturated heterocycles. The molecule has 0 amide bonds. The molecule has 1 heterocycles. The zero-order valence-electron chi connectivity index (χ0n) is 13.2. The van der Waals surface area contributed by atoms with Crippen molar-refractivity contribution >= 4 is 0 Å². The van der Waals surface area contributed by atoms with Gasteiger partial charge in [-0.15, -0.1) is 0 Å². The Bertz CT molecular complexity index is 702. The predicted octanol–water partition coefficient (Wildman–Crippen LogP) is 5.03. The summed E-state index contributed by atoms with van der Waals surface area (Å²) in [6.45, 7) is 4.05. The van der Waals surface area contributed by atoms with Crippen LogP contribution in [0.15, 0.2) is 36.4 Å². The lowest BCUT2D eigenvalue weighted by atomic mass is 9.79. The highest BCUT2D eigenvalue weighted by Gasteiger charge is 2.42. The maximum absolute atomic E-state index is 10.1. The number of phenols is 1. The normalized spacial score (nSPS) is 26.2. The fourth-order valence-electron chi connectivity index (χ4n) is 4.11. The van der Waals surface area contributed by atoms with E-state index in [1.807, 2.05) is 19.1 Å². The average Bonchev–Trinajstić information content (AvgIpc) is 2.99. The molecular formula is C20H22O2. The summed E-state index contributed by atoms with van der Waals surface area (Å²) >= 11 is 0. The maximum atomic E-state index is 10.1. The van der Waals surface area contributed by atoms with Crippen LogP contribution in [0, 0.1) is 19.8 Å². The molecule has 2 nitrogen and oxygen atoms in total. The lowest BCUT2D eigenvalue weighted by Gasteiger charge is -2.36. The lowest BCUT2D eigenvalue weighted by molar-refractivity contribution is 0.104. The van der Waals surface area contributed by atoms with Crippen LogP contribution in [-0.4, -0.2) is 5.11 Å². The van der Waals surface area contributed by atoms with Crippen LogP contribution in [0.5, 0.6) is 11.5 Å². The van der Waals surface area contributed by atoms with E-state index in [0.29, 0.717) is 17.6 Å². The first kappa shape index (κ1) is 13.7. The van der Waals surface area contributed by atoms with Gasteiger partial charge in [0.05, 0.1) is 0 Å². The van der Waals surface area contributed by atoms with Gasteiger partial charge in [-0.25, -0.2) is 0 Å². The van der Waals surface area contributed by atoms with Crippen LogP contribution in [0.3, 0.4) is 0 Å². The van der Waals surface area contributed by atoms with E-state index < -0.39 is 0 Å². The first-order chi connectivity index (χ1) is 10.6. The molecule has 1 aliphatic carbocycles. The Morgan fingerprint density at radius 2 is 1.82 bits per heavy atom. The molecule has 0 aromatic heterocycles. The number of ether oxygens (including phenoxy) is 1. The summed E-state index contributed by atoms with van der Waals surface area (Å²) in [6.07, 6.45) is 3.79. The third-order valence-electron chi connectivity index (χ3n) is 5.35. The SMILES string of the molecule is Cc1ccc([C@H]2Oc3cc(C)c(O)cc3[C@H]3CCC[C@H]32)cc1. The number of rotatable bonds is 1. The van der Waals surface area contributed by atoms with Crippen molar-refractivity contribution in [2.75, 3.05) is 0 Å². The van der Waals surface area contributed by atoms with E-state index in [2.05, 4.69) is 31.2 Å². The van der Waals surface area contributed by atoms with Crippen molar-refractivity contribution in [3.63, 3.8) is 0 Å². The van der Waals surface area contributed by atoms with E-state index in [-0.39, 0.29) is 6.10 Å². The molecule has 1 aliphatic heterocycles. The molecule has 0 radical (unpaired) electrons. The van der Waals surface area contributed by atoms with Crippen LogP contribution in [0.2, 0.25) is 0 Å². The molecule has 3 atom stereocenters. The molecule has 1 N–H and O–H groups in total. The molecule has 22 heavy (non-hydrogen) atoms. The minimum atomic E-state index is 0.143. The van der Waals surface area contributed by atoms with Gasteiger partial charge in [-0.2, -0.15) is 0 Å². The average molecular weight is 294 g/mol. The van der Waals surface area contributed by atoms with Crippen LogP contribution in [0.1, 0.15) is 53.5 Å². The second-order valence-electron chi connectivity index (χ2n) is 6.83. The highest BCUT2D eigenvalue weighted by molar-refractivity contribution is 5.49. The molecule has 0 spiro atoms. The van der Waals surface area contributed by atoms with Crippen LogP contribution in [0.25, 0.3) is 0 Å². The van der Waals surface area contributed by atoms with Gasteiger partial charge < -0.3 is 9.84 Å². The Morgan fingerprint density at radius 3 is 2.59 bits per heavy atom. The fraction of sp³-hybridized carbons (Fsp3) is 0.400. The third-order valence-corrected chi connectivity index (χ3v) is 5.35. The number of benzene rings is 2. The van der Waals surface area contributed by atoms with Crippen LogP contribution in [0.4, 0.5) is 0 Å². The van der Waals surface area contributed by atoms with Gasteiger partial charge in [-0.3, -0.25) is 0 Å². The fourth-order valence-corrected chi connectivity index (χ4v) is 4.11. The molecule has 0 bridgehead atoms. The number of hydrogen-bond acceptors (Lipinski definition) is 2. The van der Waals surface area contributed by atoms with Crippen LogP contribution in [-0.2, 0) is 0 Å². The van der Waals surface area contributed by atoms with Crippen molar-refractivity contribution in [1.29, 1.82) is 0 Å². The van der Waals surface area contributed by atoms with E-state index in [1.54, 1.807) is 0 Å². The second-order valence-corrected chi connectivity index (χ2v) is 6.83. The molecular weight excluding hydrogens is 272 g/mol. The first-order valence-corrected chi connectivity index (χ1v) is 8.20. The van der Waals surface area contributed by atoms with Gasteiger partial charge in [0, 0.05) is 11.5 Å². The molecule has 2 aliphatic rings. The quantitative estimate of drug-likeness (QED) is 0.799. The Labute approximate surface area is 131 Å². The van der Waals surface area contributed by atoms with E-state index in [9.17, 15) is 5.11 Å². The van der Waals surface area contributed by atoms with Crippen LogP contribution < -0.4 is 4.74 Å². The molecule has 0 unspecified atom stereocenters. The van der Waals surface area contributed by atoms with E-state index >= 15 is 0 Å². The van der Waals surface area contributed by atoms with E-state index in [0.717, 1.165) is 11.3 Å². The number of hydrogen-bond donors (Lipinski definition) is 1. The van der Waals surface area contributed by atoms with Gasteiger partial charge >= 0.3 is 0 Å². The molecule has 4 rings (SSSR count). The van der Waals surface area contributed by atoms with Gasteiger partial charge in [0.15, 0.2) is 0 Å². The van der Waals surface area contributed by atoms with E-state index in [1.165, 1.54) is 36.0 Å². The summed E-state index contributed by atoms with van der Waals surface area (Å²) in [5, 5.41) is 10.1. The minimum Gasteiger partial charge on any atom is -0.508 e. The Kier molecular flexibility index (Phi) is 3.14. The maximum Gasteiger partial charge on any atom is 0.127 e. The van der Waals surface area contributed by atoms with Crippen molar-refractivity contribution in [1.82, 2.24) is 0 Å². The zero-order chi connectivity index (χ0) is 15.3. The molecule has 1 fully saturated rings. The van der Waals surface area contributed by atoms with Crippen molar-refractivity contribution in [2.45, 2.75) is 45.1 Å². The third kappa shape index (κ3) is 2.09. The van der Waals surface area contributed by atoms with E-state index in [4.69, 9.17) is 4.74 Å². The topological polar surface area (TPSA) is 29.5 Å². The van der Waals surface area contributed by atoms with Crippen molar-refractivity contribution in [2.24, 2.45) is 5.92 Å². The second kappa shape index (κ2) is 5.05. The number of aryl methyl sites for hydroxylation is 2. The largest absolute Gasteiger partial charge is 0.508 e. The summed E-state index contributed by atoms with van der Waals surface area (Å²) in [6, 6.07) is 12.7. The Hall–Kier alpha value is -1.96. The summed E-state index contributed by atoms with van der Waals surface area (Å²) in [4.78, 5) is 0. The monoisotopic (exact) mass is 294 g/mol. The van der Waals surface area contributed by atoms with Crippen LogP contribution >= 0.6 is 0 Å². The summed E-state index contributed by atoms with van der Waals surface area (Å²) in [5.74, 6) is 2.39. The predicted molar refractivity (Wildman–Crippen MR) is 87.5 cm³/mol. The molecule has 114 valence electrons. The molecule has 2 aromatic rings. The van der Waals surface area contributed by atoms with Gasteiger partial charge in [-0.05, 0) is 55.9 Å². The van der Waals surface area contributed by atoms with Gasteiger partial charge in [-0.1, -0.05) is 36.2 Å². The molecule has 2 heteroatoms. The zero-order valence-corrected chi connectivity index (χ0v) is 13.2. The van der Waals surface area contributed by atoms with Gasteiger partial charge in [0.1, 0.15) is 17.6 Å². The minimum absolute atomic E-state index is 0.143. The van der Waals surface area contributed by atoms with Gasteiger partial charge in [0.2, 0.25) is 0 Å². The lowest BCUT2D eigenvalue weighted by Crippen LogP contribution is -2.26. The van der Waals surface area contributed by atoms with Crippen molar-refractivity contribution in [3.05, 3.63) is 58.7 Å². The Morgan fingerprint density at radius 1 is 1.05 bits per heavy atom. The van der Waals surface area contributed by atoms with Crippen molar-refractivity contribution < 1.29 is 9.84 Å².